The lowest BCUT2D eigenvalue weighted by atomic mass is 9.78. The van der Waals surface area contributed by atoms with Gasteiger partial charge < -0.3 is 10.8 Å². The molecule has 0 spiro atoms. The molecule has 0 aliphatic heterocycles. The molecule has 1 saturated carbocycles. The number of nitrogens with two attached hydrogens (primary N) is 1. The second-order valence-electron chi connectivity index (χ2n) is 4.99. The number of hydrogen-bond donors (Lipinski definition) is 2. The molecule has 1 rings (SSSR count). The second kappa shape index (κ2) is 6.11. The average Bonchev–Trinajstić information content (AvgIpc) is 2.12. The van der Waals surface area contributed by atoms with Crippen molar-refractivity contribution in [3.63, 3.8) is 0 Å². The molecule has 0 amide bonds. The molecule has 0 saturated heterocycles. The maximum absolute atomic E-state index is 10.8. The molecule has 1 aliphatic carbocycles. The highest BCUT2D eigenvalue weighted by Gasteiger charge is 2.21. The summed E-state index contributed by atoms with van der Waals surface area (Å²) in [6, 6.07) is 0. The third kappa shape index (κ3) is 4.20. The Morgan fingerprint density at radius 2 is 2.13 bits per heavy atom. The monoisotopic (exact) mass is 213 g/mol. The largest absolute Gasteiger partial charge is 0.481 e. The Labute approximate surface area is 92.0 Å². The van der Waals surface area contributed by atoms with Gasteiger partial charge in [0.05, 0.1) is 5.92 Å². The summed E-state index contributed by atoms with van der Waals surface area (Å²) in [4.78, 5) is 10.8. The van der Waals surface area contributed by atoms with Crippen molar-refractivity contribution in [2.45, 2.75) is 45.4 Å². The first-order valence-electron chi connectivity index (χ1n) is 6.06. The van der Waals surface area contributed by atoms with Crippen LogP contribution < -0.4 is 5.73 Å². The summed E-state index contributed by atoms with van der Waals surface area (Å²) >= 11 is 0. The normalized spacial score (nSPS) is 20.7. The lowest BCUT2D eigenvalue weighted by Crippen LogP contribution is -2.24. The lowest BCUT2D eigenvalue weighted by Gasteiger charge is -2.28. The average molecular weight is 213 g/mol. The van der Waals surface area contributed by atoms with Gasteiger partial charge in [-0.3, -0.25) is 4.79 Å². The zero-order chi connectivity index (χ0) is 11.3. The molecule has 2 atom stereocenters. The molecular formula is C12H23NO2. The number of aliphatic carboxylic acids is 1. The molecule has 2 unspecified atom stereocenters. The molecule has 15 heavy (non-hydrogen) atoms. The van der Waals surface area contributed by atoms with Crippen molar-refractivity contribution in [2.75, 3.05) is 6.54 Å². The maximum atomic E-state index is 10.8. The van der Waals surface area contributed by atoms with Crippen LogP contribution in [0.3, 0.4) is 0 Å². The van der Waals surface area contributed by atoms with Gasteiger partial charge in [-0.15, -0.1) is 0 Å². The van der Waals surface area contributed by atoms with Crippen molar-refractivity contribution in [1.82, 2.24) is 0 Å². The number of carboxylic acid groups (broad SMARTS) is 1. The van der Waals surface area contributed by atoms with Crippen LogP contribution in [-0.2, 0) is 4.79 Å². The second-order valence-corrected chi connectivity index (χ2v) is 4.99. The van der Waals surface area contributed by atoms with E-state index in [4.69, 9.17) is 10.8 Å². The van der Waals surface area contributed by atoms with E-state index in [0.717, 1.165) is 18.8 Å². The fraction of sp³-hybridized carbons (Fsp3) is 0.917. The molecule has 0 aromatic carbocycles. The van der Waals surface area contributed by atoms with E-state index < -0.39 is 5.97 Å². The molecule has 0 radical (unpaired) electrons. The minimum absolute atomic E-state index is 0.269. The summed E-state index contributed by atoms with van der Waals surface area (Å²) in [5.74, 6) is 0.493. The number of carboxylic acids is 1. The molecule has 0 bridgehead atoms. The molecule has 88 valence electrons. The Morgan fingerprint density at radius 3 is 2.53 bits per heavy atom. The Kier molecular flexibility index (Phi) is 5.09. The summed E-state index contributed by atoms with van der Waals surface area (Å²) < 4.78 is 0. The van der Waals surface area contributed by atoms with E-state index in [-0.39, 0.29) is 12.5 Å². The van der Waals surface area contributed by atoms with Gasteiger partial charge in [0.25, 0.3) is 0 Å². The van der Waals surface area contributed by atoms with Crippen molar-refractivity contribution in [3.05, 3.63) is 0 Å². The van der Waals surface area contributed by atoms with Crippen LogP contribution in [0, 0.1) is 17.8 Å². The van der Waals surface area contributed by atoms with Gasteiger partial charge in [-0.25, -0.2) is 0 Å². The van der Waals surface area contributed by atoms with Gasteiger partial charge >= 0.3 is 5.97 Å². The van der Waals surface area contributed by atoms with Crippen molar-refractivity contribution < 1.29 is 9.90 Å². The number of rotatable bonds is 7. The molecule has 3 N–H and O–H groups in total. The van der Waals surface area contributed by atoms with Gasteiger partial charge in [0, 0.05) is 6.54 Å². The topological polar surface area (TPSA) is 63.3 Å². The van der Waals surface area contributed by atoms with Gasteiger partial charge in [-0.1, -0.05) is 26.2 Å². The maximum Gasteiger partial charge on any atom is 0.307 e. The van der Waals surface area contributed by atoms with Gasteiger partial charge in [0.2, 0.25) is 0 Å². The molecule has 3 nitrogen and oxygen atoms in total. The third-order valence-corrected chi connectivity index (χ3v) is 3.60. The van der Waals surface area contributed by atoms with Crippen LogP contribution in [0.2, 0.25) is 0 Å². The van der Waals surface area contributed by atoms with E-state index in [9.17, 15) is 4.79 Å². The van der Waals surface area contributed by atoms with Crippen LogP contribution >= 0.6 is 0 Å². The van der Waals surface area contributed by atoms with Gasteiger partial charge in [0.15, 0.2) is 0 Å². The summed E-state index contributed by atoms with van der Waals surface area (Å²) in [6.45, 7) is 2.50. The van der Waals surface area contributed by atoms with E-state index >= 15 is 0 Å². The summed E-state index contributed by atoms with van der Waals surface area (Å²) in [7, 11) is 0. The Hall–Kier alpha value is -0.570. The van der Waals surface area contributed by atoms with Crippen LogP contribution in [0.15, 0.2) is 0 Å². The van der Waals surface area contributed by atoms with E-state index in [1.807, 2.05) is 0 Å². The predicted molar refractivity (Wildman–Crippen MR) is 60.5 cm³/mol. The zero-order valence-corrected chi connectivity index (χ0v) is 9.61. The lowest BCUT2D eigenvalue weighted by molar-refractivity contribution is -0.141. The van der Waals surface area contributed by atoms with E-state index in [2.05, 4.69) is 6.92 Å². The van der Waals surface area contributed by atoms with Crippen molar-refractivity contribution in [1.29, 1.82) is 0 Å². The Morgan fingerprint density at radius 1 is 1.47 bits per heavy atom. The van der Waals surface area contributed by atoms with Crippen molar-refractivity contribution in [2.24, 2.45) is 23.5 Å². The minimum atomic E-state index is -0.742. The Balaban J connectivity index is 2.13. The molecule has 0 aromatic heterocycles. The highest BCUT2D eigenvalue weighted by molar-refractivity contribution is 5.70. The van der Waals surface area contributed by atoms with Gasteiger partial charge in [-0.05, 0) is 31.1 Å². The quantitative estimate of drug-likeness (QED) is 0.681. The fourth-order valence-electron chi connectivity index (χ4n) is 2.24. The first kappa shape index (κ1) is 12.5. The first-order valence-corrected chi connectivity index (χ1v) is 6.06. The number of carbonyl (C=O) groups is 1. The molecular weight excluding hydrogens is 190 g/mol. The fourth-order valence-corrected chi connectivity index (χ4v) is 2.24. The standard InChI is InChI=1S/C12H23NO2/c1-9(7-10-3-2-4-10)5-6-11(8-13)12(14)15/h9-11H,2-8,13H2,1H3,(H,14,15). The highest BCUT2D eigenvalue weighted by atomic mass is 16.4. The SMILES string of the molecule is CC(CCC(CN)C(=O)O)CC1CCC1. The summed E-state index contributed by atoms with van der Waals surface area (Å²) in [5, 5.41) is 8.85. The molecule has 3 heteroatoms. The van der Waals surface area contributed by atoms with Crippen LogP contribution in [0.1, 0.15) is 45.4 Å². The first-order chi connectivity index (χ1) is 7.13. The van der Waals surface area contributed by atoms with Crippen molar-refractivity contribution >= 4 is 5.97 Å². The van der Waals surface area contributed by atoms with Gasteiger partial charge in [0.1, 0.15) is 0 Å². The van der Waals surface area contributed by atoms with Crippen LogP contribution in [0.5, 0.6) is 0 Å². The van der Waals surface area contributed by atoms with Crippen molar-refractivity contribution in [3.8, 4) is 0 Å². The molecule has 0 aromatic rings. The highest BCUT2D eigenvalue weighted by Crippen LogP contribution is 2.33. The van der Waals surface area contributed by atoms with E-state index in [0.29, 0.717) is 5.92 Å². The van der Waals surface area contributed by atoms with E-state index in [1.54, 1.807) is 0 Å². The third-order valence-electron chi connectivity index (χ3n) is 3.60. The summed E-state index contributed by atoms with van der Waals surface area (Å²) in [5.41, 5.74) is 5.42. The molecule has 1 fully saturated rings. The number of hydrogen-bond acceptors (Lipinski definition) is 2. The van der Waals surface area contributed by atoms with Crippen LogP contribution in [0.4, 0.5) is 0 Å². The van der Waals surface area contributed by atoms with Crippen LogP contribution in [-0.4, -0.2) is 17.6 Å². The molecule has 0 heterocycles. The Bertz CT molecular complexity index is 202. The summed E-state index contributed by atoms with van der Waals surface area (Å²) in [6.07, 6.45) is 7.16. The van der Waals surface area contributed by atoms with Crippen LogP contribution in [0.25, 0.3) is 0 Å². The van der Waals surface area contributed by atoms with Gasteiger partial charge in [-0.2, -0.15) is 0 Å². The minimum Gasteiger partial charge on any atom is -0.481 e. The van der Waals surface area contributed by atoms with E-state index in [1.165, 1.54) is 25.7 Å². The smallest absolute Gasteiger partial charge is 0.307 e. The zero-order valence-electron chi connectivity index (χ0n) is 9.61. The molecule has 1 aliphatic rings. The predicted octanol–water partition coefficient (Wildman–Crippen LogP) is 2.25.